The third-order valence-electron chi connectivity index (χ3n) is 3.36. The molecule has 0 fully saturated rings. The maximum Gasteiger partial charge on any atom is 0.125 e. The normalized spacial score (nSPS) is 14.3. The van der Waals surface area contributed by atoms with Crippen LogP contribution in [0.5, 0.6) is 0 Å². The quantitative estimate of drug-likeness (QED) is 0.804. The van der Waals surface area contributed by atoms with E-state index in [1.807, 2.05) is 6.07 Å². The van der Waals surface area contributed by atoms with Crippen molar-refractivity contribution >= 4 is 5.69 Å². The second-order valence-corrected chi connectivity index (χ2v) is 5.21. The van der Waals surface area contributed by atoms with Crippen molar-refractivity contribution in [2.75, 3.05) is 24.6 Å². The monoisotopic (exact) mass is 253 g/mol. The Bertz CT molecular complexity index is 369. The summed E-state index contributed by atoms with van der Waals surface area (Å²) in [6.45, 7) is 7.96. The van der Waals surface area contributed by atoms with Crippen molar-refractivity contribution < 1.29 is 9.50 Å². The van der Waals surface area contributed by atoms with E-state index in [0.717, 1.165) is 31.6 Å². The van der Waals surface area contributed by atoms with E-state index in [4.69, 9.17) is 0 Å². The number of hydrogen-bond donors (Lipinski definition) is 1. The van der Waals surface area contributed by atoms with Gasteiger partial charge in [0.2, 0.25) is 0 Å². The van der Waals surface area contributed by atoms with E-state index in [2.05, 4.69) is 25.7 Å². The molecule has 1 atom stereocenters. The molecule has 0 amide bonds. The zero-order valence-corrected chi connectivity index (χ0v) is 11.6. The van der Waals surface area contributed by atoms with Crippen LogP contribution in [0.3, 0.4) is 0 Å². The molecule has 102 valence electrons. The largest absolute Gasteiger partial charge is 0.396 e. The Hall–Kier alpha value is -1.09. The lowest BCUT2D eigenvalue weighted by molar-refractivity contribution is 0.137. The summed E-state index contributed by atoms with van der Waals surface area (Å²) in [7, 11) is 0. The standard InChI is InChI=1S/C15H24FNO/c1-4-9-15(3,12-18)11-17(5-2)14-8-6-7-13(16)10-14/h6-8,10,18H,4-5,9,11-12H2,1-3H3. The van der Waals surface area contributed by atoms with Crippen molar-refractivity contribution in [3.8, 4) is 0 Å². The van der Waals surface area contributed by atoms with Gasteiger partial charge >= 0.3 is 0 Å². The molecule has 0 spiro atoms. The number of rotatable bonds is 7. The van der Waals surface area contributed by atoms with Gasteiger partial charge in [0.15, 0.2) is 0 Å². The van der Waals surface area contributed by atoms with Crippen molar-refractivity contribution in [3.63, 3.8) is 0 Å². The summed E-state index contributed by atoms with van der Waals surface area (Å²) >= 11 is 0. The van der Waals surface area contributed by atoms with Crippen molar-refractivity contribution in [2.45, 2.75) is 33.6 Å². The van der Waals surface area contributed by atoms with Crippen LogP contribution in [-0.4, -0.2) is 24.8 Å². The molecule has 1 N–H and O–H groups in total. The molecular weight excluding hydrogens is 229 g/mol. The van der Waals surface area contributed by atoms with Crippen LogP contribution in [0, 0.1) is 11.2 Å². The lowest BCUT2D eigenvalue weighted by Crippen LogP contribution is -2.38. The Kier molecular flexibility index (Phi) is 5.60. The van der Waals surface area contributed by atoms with Crippen LogP contribution in [0.4, 0.5) is 10.1 Å². The second-order valence-electron chi connectivity index (χ2n) is 5.21. The summed E-state index contributed by atoms with van der Waals surface area (Å²) < 4.78 is 13.3. The first-order chi connectivity index (χ1) is 8.54. The van der Waals surface area contributed by atoms with Gasteiger partial charge < -0.3 is 10.0 Å². The molecule has 1 unspecified atom stereocenters. The summed E-state index contributed by atoms with van der Waals surface area (Å²) in [6.07, 6.45) is 2.01. The molecule has 0 aliphatic rings. The number of hydrogen-bond acceptors (Lipinski definition) is 2. The average Bonchev–Trinajstić information content (AvgIpc) is 2.36. The molecule has 0 aromatic heterocycles. The number of aliphatic hydroxyl groups excluding tert-OH is 1. The zero-order valence-electron chi connectivity index (χ0n) is 11.6. The molecule has 0 bridgehead atoms. The van der Waals surface area contributed by atoms with Gasteiger partial charge in [0.05, 0.1) is 6.61 Å². The van der Waals surface area contributed by atoms with E-state index in [0.29, 0.717) is 0 Å². The van der Waals surface area contributed by atoms with E-state index in [1.165, 1.54) is 6.07 Å². The van der Waals surface area contributed by atoms with E-state index in [-0.39, 0.29) is 17.8 Å². The highest BCUT2D eigenvalue weighted by Gasteiger charge is 2.25. The number of nitrogens with zero attached hydrogens (tertiary/aromatic N) is 1. The van der Waals surface area contributed by atoms with Crippen LogP contribution in [0.1, 0.15) is 33.6 Å². The van der Waals surface area contributed by atoms with Crippen molar-refractivity contribution in [2.24, 2.45) is 5.41 Å². The smallest absolute Gasteiger partial charge is 0.125 e. The van der Waals surface area contributed by atoms with E-state index < -0.39 is 0 Å². The van der Waals surface area contributed by atoms with Gasteiger partial charge in [-0.3, -0.25) is 0 Å². The predicted molar refractivity (Wildman–Crippen MR) is 74.4 cm³/mol. The van der Waals surface area contributed by atoms with Gasteiger partial charge in [0.25, 0.3) is 0 Å². The second kappa shape index (κ2) is 6.74. The number of anilines is 1. The van der Waals surface area contributed by atoms with Crippen molar-refractivity contribution in [1.29, 1.82) is 0 Å². The summed E-state index contributed by atoms with van der Waals surface area (Å²) in [5.41, 5.74) is 0.755. The Balaban J connectivity index is 2.84. The Morgan fingerprint density at radius 1 is 1.33 bits per heavy atom. The van der Waals surface area contributed by atoms with Crippen LogP contribution < -0.4 is 4.90 Å². The summed E-state index contributed by atoms with van der Waals surface area (Å²) in [4.78, 5) is 2.12. The fraction of sp³-hybridized carbons (Fsp3) is 0.600. The first kappa shape index (κ1) is 15.0. The molecule has 0 radical (unpaired) electrons. The fourth-order valence-corrected chi connectivity index (χ4v) is 2.33. The van der Waals surface area contributed by atoms with Crippen LogP contribution in [0.15, 0.2) is 24.3 Å². The van der Waals surface area contributed by atoms with Gasteiger partial charge in [0.1, 0.15) is 5.82 Å². The maximum absolute atomic E-state index is 13.3. The Morgan fingerprint density at radius 3 is 2.56 bits per heavy atom. The molecule has 1 aromatic carbocycles. The summed E-state index contributed by atoms with van der Waals surface area (Å²) in [5, 5.41) is 9.56. The van der Waals surface area contributed by atoms with E-state index >= 15 is 0 Å². The van der Waals surface area contributed by atoms with Crippen LogP contribution in [-0.2, 0) is 0 Å². The highest BCUT2D eigenvalue weighted by molar-refractivity contribution is 5.46. The fourth-order valence-electron chi connectivity index (χ4n) is 2.33. The number of halogens is 1. The molecular formula is C15H24FNO. The van der Waals surface area contributed by atoms with Crippen LogP contribution in [0.25, 0.3) is 0 Å². The molecule has 1 aromatic rings. The van der Waals surface area contributed by atoms with Gasteiger partial charge in [-0.25, -0.2) is 4.39 Å². The van der Waals surface area contributed by atoms with Gasteiger partial charge in [0, 0.05) is 24.2 Å². The molecule has 2 nitrogen and oxygen atoms in total. The van der Waals surface area contributed by atoms with E-state index in [9.17, 15) is 9.50 Å². The summed E-state index contributed by atoms with van der Waals surface area (Å²) in [5.74, 6) is -0.216. The third-order valence-corrected chi connectivity index (χ3v) is 3.36. The molecule has 0 heterocycles. The third kappa shape index (κ3) is 3.98. The molecule has 0 aliphatic heterocycles. The first-order valence-electron chi connectivity index (χ1n) is 6.66. The molecule has 0 saturated carbocycles. The minimum Gasteiger partial charge on any atom is -0.396 e. The lowest BCUT2D eigenvalue weighted by Gasteiger charge is -2.35. The lowest BCUT2D eigenvalue weighted by atomic mass is 9.86. The summed E-state index contributed by atoms with van der Waals surface area (Å²) in [6, 6.07) is 6.64. The molecule has 1 rings (SSSR count). The SMILES string of the molecule is CCCC(C)(CO)CN(CC)c1cccc(F)c1. The predicted octanol–water partition coefficient (Wildman–Crippen LogP) is 3.45. The van der Waals surface area contributed by atoms with Crippen LogP contribution >= 0.6 is 0 Å². The van der Waals surface area contributed by atoms with Crippen LogP contribution in [0.2, 0.25) is 0 Å². The van der Waals surface area contributed by atoms with E-state index in [1.54, 1.807) is 12.1 Å². The topological polar surface area (TPSA) is 23.5 Å². The maximum atomic E-state index is 13.3. The van der Waals surface area contributed by atoms with Gasteiger partial charge in [-0.05, 0) is 31.5 Å². The average molecular weight is 253 g/mol. The Morgan fingerprint density at radius 2 is 2.06 bits per heavy atom. The minimum absolute atomic E-state index is 0.128. The molecule has 18 heavy (non-hydrogen) atoms. The Labute approximate surface area is 109 Å². The van der Waals surface area contributed by atoms with Crippen molar-refractivity contribution in [1.82, 2.24) is 0 Å². The highest BCUT2D eigenvalue weighted by Crippen LogP contribution is 2.27. The van der Waals surface area contributed by atoms with Gasteiger partial charge in [-0.1, -0.05) is 26.3 Å². The molecule has 3 heteroatoms. The number of benzene rings is 1. The highest BCUT2D eigenvalue weighted by atomic mass is 19.1. The number of aliphatic hydroxyl groups is 1. The molecule has 0 aliphatic carbocycles. The zero-order chi connectivity index (χ0) is 13.6. The first-order valence-corrected chi connectivity index (χ1v) is 6.66. The minimum atomic E-state index is -0.216. The van der Waals surface area contributed by atoms with Gasteiger partial charge in [-0.15, -0.1) is 0 Å². The molecule has 0 saturated heterocycles. The van der Waals surface area contributed by atoms with Gasteiger partial charge in [-0.2, -0.15) is 0 Å². The van der Waals surface area contributed by atoms with Crippen molar-refractivity contribution in [3.05, 3.63) is 30.1 Å².